The molecule has 2 atom stereocenters. The molecule has 168 valence electrons. The quantitative estimate of drug-likeness (QED) is 0.283. The van der Waals surface area contributed by atoms with Crippen LogP contribution in [-0.2, 0) is 19.1 Å². The van der Waals surface area contributed by atoms with Gasteiger partial charge in [0.1, 0.15) is 5.76 Å². The van der Waals surface area contributed by atoms with E-state index in [1.54, 1.807) is 32.0 Å². The van der Waals surface area contributed by atoms with Crippen molar-refractivity contribution in [2.24, 2.45) is 0 Å². The number of allylic oxidation sites excluding steroid dienone is 2. The van der Waals surface area contributed by atoms with Gasteiger partial charge in [-0.05, 0) is 31.5 Å². The number of hydrogen-bond donors (Lipinski definition) is 1. The second kappa shape index (κ2) is 9.69. The van der Waals surface area contributed by atoms with Crippen molar-refractivity contribution in [3.05, 3.63) is 86.6 Å². The van der Waals surface area contributed by atoms with Crippen LogP contribution in [0.1, 0.15) is 37.2 Å². The Labute approximate surface area is 188 Å². The number of halogens is 1. The number of rotatable bonds is 7. The number of furan rings is 1. The largest absolute Gasteiger partial charge is 0.466 e. The zero-order valence-electron chi connectivity index (χ0n) is 17.6. The van der Waals surface area contributed by atoms with Gasteiger partial charge in [0.25, 0.3) is 5.69 Å². The molecule has 0 saturated heterocycles. The van der Waals surface area contributed by atoms with Crippen LogP contribution >= 0.6 is 11.6 Å². The zero-order valence-corrected chi connectivity index (χ0v) is 18.3. The summed E-state index contributed by atoms with van der Waals surface area (Å²) in [7, 11) is 1.22. The fraction of sp³-hybridized carbons (Fsp3) is 0.273. The molecule has 9 nitrogen and oxygen atoms in total. The highest BCUT2D eigenvalue weighted by Crippen LogP contribution is 2.40. The number of non-ortho nitro benzene ring substituents is 1. The number of carbonyl (C=O) groups is 2. The third kappa shape index (κ3) is 4.52. The number of nitrogens with zero attached hydrogens (tertiary/aromatic N) is 1. The van der Waals surface area contributed by atoms with Gasteiger partial charge in [0, 0.05) is 23.5 Å². The van der Waals surface area contributed by atoms with Crippen LogP contribution in [0.4, 0.5) is 5.69 Å². The highest BCUT2D eigenvalue weighted by molar-refractivity contribution is 6.18. The number of nitro groups is 1. The Hall–Kier alpha value is -3.59. The summed E-state index contributed by atoms with van der Waals surface area (Å²) in [6, 6.07) is 9.01. The first kappa shape index (κ1) is 23.1. The molecule has 0 bridgehead atoms. The fourth-order valence-electron chi connectivity index (χ4n) is 3.63. The number of dihydropyridines is 1. The monoisotopic (exact) mass is 460 g/mol. The highest BCUT2D eigenvalue weighted by Gasteiger charge is 2.39. The number of benzene rings is 1. The summed E-state index contributed by atoms with van der Waals surface area (Å²) in [6.07, 6.45) is 0.571. The molecule has 0 aliphatic carbocycles. The van der Waals surface area contributed by atoms with Gasteiger partial charge < -0.3 is 19.2 Å². The molecule has 2 aromatic rings. The van der Waals surface area contributed by atoms with Crippen molar-refractivity contribution in [2.45, 2.75) is 25.9 Å². The maximum atomic E-state index is 13.3. The molecule has 1 aromatic heterocycles. The maximum absolute atomic E-state index is 13.3. The van der Waals surface area contributed by atoms with Crippen LogP contribution in [0.3, 0.4) is 0 Å². The molecular weight excluding hydrogens is 440 g/mol. The Morgan fingerprint density at radius 3 is 2.44 bits per heavy atom. The molecule has 0 amide bonds. The maximum Gasteiger partial charge on any atom is 0.337 e. The van der Waals surface area contributed by atoms with Crippen LogP contribution < -0.4 is 5.32 Å². The average molecular weight is 461 g/mol. The van der Waals surface area contributed by atoms with Gasteiger partial charge in [-0.25, -0.2) is 9.59 Å². The summed E-state index contributed by atoms with van der Waals surface area (Å²) >= 11 is 5.98. The Morgan fingerprint density at radius 2 is 1.88 bits per heavy atom. The van der Waals surface area contributed by atoms with Gasteiger partial charge in [-0.3, -0.25) is 10.1 Å². The van der Waals surface area contributed by atoms with Gasteiger partial charge >= 0.3 is 11.9 Å². The van der Waals surface area contributed by atoms with E-state index in [9.17, 15) is 19.7 Å². The Kier molecular flexibility index (Phi) is 6.99. The van der Waals surface area contributed by atoms with E-state index in [1.807, 2.05) is 0 Å². The minimum atomic E-state index is -0.955. The standard InChI is InChI=1S/C22H21ClN2O7/c1-12-18(21(26)30-3)20(14-6-4-7-15(10-14)25(28)29)19(13(2)24-12)22(27)32-17(11-23)16-8-5-9-31-16/h4-10,17,20,24H,11H2,1-3H3. The first-order valence-corrected chi connectivity index (χ1v) is 10.1. The summed E-state index contributed by atoms with van der Waals surface area (Å²) in [5.74, 6) is -2.07. The molecule has 2 heterocycles. The Balaban J connectivity index is 2.10. The van der Waals surface area contributed by atoms with Crippen molar-refractivity contribution in [2.75, 3.05) is 13.0 Å². The summed E-state index contributed by atoms with van der Waals surface area (Å²) in [4.78, 5) is 36.7. The van der Waals surface area contributed by atoms with Crippen LogP contribution in [0.25, 0.3) is 0 Å². The molecule has 1 aliphatic heterocycles. The highest BCUT2D eigenvalue weighted by atomic mass is 35.5. The van der Waals surface area contributed by atoms with E-state index in [0.717, 1.165) is 0 Å². The van der Waals surface area contributed by atoms with E-state index < -0.39 is 28.9 Å². The van der Waals surface area contributed by atoms with E-state index in [2.05, 4.69) is 5.32 Å². The molecule has 0 spiro atoms. The molecule has 32 heavy (non-hydrogen) atoms. The Morgan fingerprint density at radius 1 is 1.19 bits per heavy atom. The van der Waals surface area contributed by atoms with E-state index in [0.29, 0.717) is 22.7 Å². The van der Waals surface area contributed by atoms with E-state index in [4.69, 9.17) is 25.5 Å². The van der Waals surface area contributed by atoms with Gasteiger partial charge in [-0.1, -0.05) is 12.1 Å². The van der Waals surface area contributed by atoms with Crippen molar-refractivity contribution >= 4 is 29.2 Å². The van der Waals surface area contributed by atoms with Crippen molar-refractivity contribution in [3.8, 4) is 0 Å². The van der Waals surface area contributed by atoms with Crippen molar-refractivity contribution in [1.29, 1.82) is 0 Å². The molecule has 2 unspecified atom stereocenters. The second-order valence-corrected chi connectivity index (χ2v) is 7.35. The van der Waals surface area contributed by atoms with Gasteiger partial charge in [-0.2, -0.15) is 0 Å². The summed E-state index contributed by atoms with van der Waals surface area (Å²) in [5, 5.41) is 14.3. The van der Waals surface area contributed by atoms with E-state index >= 15 is 0 Å². The minimum Gasteiger partial charge on any atom is -0.466 e. The predicted octanol–water partition coefficient (Wildman–Crippen LogP) is 4.12. The fourth-order valence-corrected chi connectivity index (χ4v) is 3.84. The summed E-state index contributed by atoms with van der Waals surface area (Å²) in [6.45, 7) is 3.31. The lowest BCUT2D eigenvalue weighted by molar-refractivity contribution is -0.384. The van der Waals surface area contributed by atoms with E-state index in [1.165, 1.54) is 31.6 Å². The van der Waals surface area contributed by atoms with Crippen LogP contribution in [0.2, 0.25) is 0 Å². The van der Waals surface area contributed by atoms with Gasteiger partial charge in [-0.15, -0.1) is 11.6 Å². The number of ether oxygens (including phenoxy) is 2. The molecular formula is C22H21ClN2O7. The SMILES string of the molecule is COC(=O)C1=C(C)NC(C)=C(C(=O)OC(CCl)c2ccco2)C1c1cccc([N+](=O)[O-])c1. The number of nitro benzene ring substituents is 1. The topological polar surface area (TPSA) is 121 Å². The van der Waals surface area contributed by atoms with Crippen LogP contribution in [0.5, 0.6) is 0 Å². The second-order valence-electron chi connectivity index (χ2n) is 7.04. The van der Waals surface area contributed by atoms with E-state index in [-0.39, 0.29) is 22.7 Å². The molecule has 0 fully saturated rings. The van der Waals surface area contributed by atoms with Gasteiger partial charge in [0.05, 0.1) is 41.2 Å². The molecule has 10 heteroatoms. The number of hydrogen-bond acceptors (Lipinski definition) is 8. The molecule has 1 aromatic carbocycles. The number of alkyl halides is 1. The predicted molar refractivity (Wildman–Crippen MR) is 115 cm³/mol. The Bertz CT molecular complexity index is 1110. The number of nitrogens with one attached hydrogen (secondary N) is 1. The number of methoxy groups -OCH3 is 1. The van der Waals surface area contributed by atoms with Gasteiger partial charge in [0.15, 0.2) is 6.10 Å². The van der Waals surface area contributed by atoms with Crippen molar-refractivity contribution in [1.82, 2.24) is 5.32 Å². The van der Waals surface area contributed by atoms with Crippen LogP contribution in [0.15, 0.2) is 69.6 Å². The normalized spacial score (nSPS) is 16.9. The lowest BCUT2D eigenvalue weighted by atomic mass is 9.80. The zero-order chi connectivity index (χ0) is 23.4. The lowest BCUT2D eigenvalue weighted by Crippen LogP contribution is -2.32. The smallest absolute Gasteiger partial charge is 0.337 e. The minimum absolute atomic E-state index is 0.0563. The third-order valence-corrected chi connectivity index (χ3v) is 5.33. The summed E-state index contributed by atoms with van der Waals surface area (Å²) < 4.78 is 15.8. The van der Waals surface area contributed by atoms with Crippen LogP contribution in [-0.4, -0.2) is 29.9 Å². The molecule has 1 N–H and O–H groups in total. The summed E-state index contributed by atoms with van der Waals surface area (Å²) in [5.41, 5.74) is 1.34. The lowest BCUT2D eigenvalue weighted by Gasteiger charge is -2.30. The first-order chi connectivity index (χ1) is 15.3. The van der Waals surface area contributed by atoms with Gasteiger partial charge in [0.2, 0.25) is 0 Å². The molecule has 0 radical (unpaired) electrons. The number of carbonyl (C=O) groups excluding carboxylic acids is 2. The third-order valence-electron chi connectivity index (χ3n) is 5.05. The van der Waals surface area contributed by atoms with Crippen LogP contribution in [0, 0.1) is 10.1 Å². The average Bonchev–Trinajstić information content (AvgIpc) is 3.31. The molecule has 0 saturated carbocycles. The number of esters is 2. The molecule has 1 aliphatic rings. The first-order valence-electron chi connectivity index (χ1n) is 9.60. The van der Waals surface area contributed by atoms with Crippen molar-refractivity contribution < 1.29 is 28.4 Å². The molecule has 3 rings (SSSR count). The van der Waals surface area contributed by atoms with Crippen molar-refractivity contribution in [3.63, 3.8) is 0 Å².